The Bertz CT molecular complexity index is 1250. The van der Waals surface area contributed by atoms with Crippen LogP contribution < -0.4 is 14.8 Å². The number of methoxy groups -OCH3 is 1. The lowest BCUT2D eigenvalue weighted by atomic mass is 10.0. The number of amides is 2. The normalized spacial score (nSPS) is 15.1. The highest BCUT2D eigenvalue weighted by atomic mass is 19.1. The zero-order valence-electron chi connectivity index (χ0n) is 19.8. The van der Waals surface area contributed by atoms with Gasteiger partial charge in [-0.2, -0.15) is 10.1 Å². The van der Waals surface area contributed by atoms with E-state index in [1.165, 1.54) is 18.3 Å². The average Bonchev–Trinajstić information content (AvgIpc) is 2.91. The number of carbonyl (C=O) groups excluding carboxylic acids is 2. The summed E-state index contributed by atoms with van der Waals surface area (Å²) in [6.45, 7) is 1.07. The van der Waals surface area contributed by atoms with Gasteiger partial charge in [-0.3, -0.25) is 9.78 Å². The molecule has 0 saturated heterocycles. The molecule has 1 aliphatic rings. The number of cyclic esters (lactones) is 1. The number of hydrazone groups is 1. The first kappa shape index (κ1) is 24.6. The van der Waals surface area contributed by atoms with Crippen LogP contribution in [0.1, 0.15) is 34.8 Å². The maximum absolute atomic E-state index is 12.6. The lowest BCUT2D eigenvalue weighted by molar-refractivity contribution is 0.0712. The number of ether oxygens (including phenoxy) is 3. The van der Waals surface area contributed by atoms with Gasteiger partial charge in [-0.25, -0.2) is 9.18 Å². The molecule has 0 fully saturated rings. The van der Waals surface area contributed by atoms with Crippen molar-refractivity contribution in [2.24, 2.45) is 5.10 Å². The van der Waals surface area contributed by atoms with Crippen LogP contribution in [-0.2, 0) is 11.3 Å². The van der Waals surface area contributed by atoms with Crippen LogP contribution in [0.2, 0.25) is 0 Å². The minimum Gasteiger partial charge on any atom is -0.493 e. The molecule has 0 radical (unpaired) electrons. The Morgan fingerprint density at radius 2 is 1.97 bits per heavy atom. The molecule has 36 heavy (non-hydrogen) atoms. The SMILES string of the molecule is CCC1OC(=O)N(Cc2ccc(NC(=O)c3cccnc3)cc2)N=C1c1ccc(OCF)c(OC)c1. The summed E-state index contributed by atoms with van der Waals surface area (Å²) in [6, 6.07) is 15.4. The third-order valence-corrected chi connectivity index (χ3v) is 5.50. The summed E-state index contributed by atoms with van der Waals surface area (Å²) < 4.78 is 28.5. The van der Waals surface area contributed by atoms with Gasteiger partial charge in [-0.1, -0.05) is 19.1 Å². The quantitative estimate of drug-likeness (QED) is 0.461. The molecule has 0 spiro atoms. The monoisotopic (exact) mass is 492 g/mol. The van der Waals surface area contributed by atoms with Crippen LogP contribution in [0.25, 0.3) is 0 Å². The molecular weight excluding hydrogens is 467 g/mol. The molecule has 186 valence electrons. The van der Waals surface area contributed by atoms with Crippen molar-refractivity contribution in [3.63, 3.8) is 0 Å². The topological polar surface area (TPSA) is 102 Å². The minimum absolute atomic E-state index is 0.162. The molecule has 0 aliphatic carbocycles. The third-order valence-electron chi connectivity index (χ3n) is 5.50. The van der Waals surface area contributed by atoms with E-state index in [0.717, 1.165) is 5.56 Å². The molecule has 2 amide bonds. The van der Waals surface area contributed by atoms with Gasteiger partial charge in [-0.05, 0) is 54.4 Å². The minimum atomic E-state index is -0.981. The van der Waals surface area contributed by atoms with Crippen molar-refractivity contribution < 1.29 is 28.2 Å². The van der Waals surface area contributed by atoms with Gasteiger partial charge < -0.3 is 19.5 Å². The van der Waals surface area contributed by atoms with Crippen molar-refractivity contribution in [3.8, 4) is 11.5 Å². The lowest BCUT2D eigenvalue weighted by Gasteiger charge is -2.29. The Kier molecular flexibility index (Phi) is 7.74. The van der Waals surface area contributed by atoms with E-state index in [-0.39, 0.29) is 18.2 Å². The largest absolute Gasteiger partial charge is 0.493 e. The number of carbonyl (C=O) groups is 2. The number of benzene rings is 2. The van der Waals surface area contributed by atoms with E-state index >= 15 is 0 Å². The Labute approximate surface area is 207 Å². The van der Waals surface area contributed by atoms with Crippen LogP contribution in [0.15, 0.2) is 72.1 Å². The number of aromatic nitrogens is 1. The Balaban J connectivity index is 1.52. The highest BCUT2D eigenvalue weighted by Gasteiger charge is 2.31. The number of nitrogens with zero attached hydrogens (tertiary/aromatic N) is 3. The summed E-state index contributed by atoms with van der Waals surface area (Å²) >= 11 is 0. The molecule has 1 atom stereocenters. The predicted molar refractivity (Wildman–Crippen MR) is 131 cm³/mol. The van der Waals surface area contributed by atoms with Gasteiger partial charge in [-0.15, -0.1) is 0 Å². The summed E-state index contributed by atoms with van der Waals surface area (Å²) in [5, 5.41) is 8.62. The summed E-state index contributed by atoms with van der Waals surface area (Å²) in [4.78, 5) is 28.9. The van der Waals surface area contributed by atoms with Gasteiger partial charge in [0, 0.05) is 23.6 Å². The fourth-order valence-electron chi connectivity index (χ4n) is 3.67. The van der Waals surface area contributed by atoms with E-state index in [1.807, 2.05) is 6.92 Å². The predicted octanol–water partition coefficient (Wildman–Crippen LogP) is 4.78. The molecular formula is C26H25FN4O5. The maximum atomic E-state index is 12.6. The van der Waals surface area contributed by atoms with E-state index < -0.39 is 19.1 Å². The fourth-order valence-corrected chi connectivity index (χ4v) is 3.67. The number of alkyl halides is 1. The Morgan fingerprint density at radius 3 is 2.64 bits per heavy atom. The zero-order chi connectivity index (χ0) is 25.5. The highest BCUT2D eigenvalue weighted by Crippen LogP contribution is 2.30. The highest BCUT2D eigenvalue weighted by molar-refractivity contribution is 6.06. The summed E-state index contributed by atoms with van der Waals surface area (Å²) in [7, 11) is 1.46. The smallest absolute Gasteiger partial charge is 0.431 e. The molecule has 9 nitrogen and oxygen atoms in total. The molecule has 1 aliphatic heterocycles. The van der Waals surface area contributed by atoms with Gasteiger partial charge in [0.25, 0.3) is 5.91 Å². The Morgan fingerprint density at radius 1 is 1.17 bits per heavy atom. The average molecular weight is 493 g/mol. The molecule has 1 aromatic heterocycles. The summed E-state index contributed by atoms with van der Waals surface area (Å²) in [6.07, 6.45) is 2.50. The van der Waals surface area contributed by atoms with Crippen molar-refractivity contribution in [1.29, 1.82) is 0 Å². The van der Waals surface area contributed by atoms with Crippen LogP contribution in [0.5, 0.6) is 11.5 Å². The van der Waals surface area contributed by atoms with E-state index in [1.54, 1.807) is 60.8 Å². The number of hydrogen-bond acceptors (Lipinski definition) is 7. The van der Waals surface area contributed by atoms with Crippen LogP contribution >= 0.6 is 0 Å². The van der Waals surface area contributed by atoms with Crippen LogP contribution in [0, 0.1) is 0 Å². The second-order valence-electron chi connectivity index (χ2n) is 7.84. The van der Waals surface area contributed by atoms with Gasteiger partial charge in [0.2, 0.25) is 6.86 Å². The Hall–Kier alpha value is -4.47. The summed E-state index contributed by atoms with van der Waals surface area (Å²) in [5.74, 6) is 0.335. The molecule has 3 aromatic rings. The molecule has 1 N–H and O–H groups in total. The van der Waals surface area contributed by atoms with Crippen molar-refractivity contribution in [3.05, 3.63) is 83.7 Å². The molecule has 1 unspecified atom stereocenters. The van der Waals surface area contributed by atoms with Gasteiger partial charge in [0.1, 0.15) is 11.8 Å². The number of nitrogens with one attached hydrogen (secondary N) is 1. The second kappa shape index (κ2) is 11.3. The zero-order valence-corrected chi connectivity index (χ0v) is 19.8. The van der Waals surface area contributed by atoms with E-state index in [9.17, 15) is 14.0 Å². The van der Waals surface area contributed by atoms with E-state index in [0.29, 0.717) is 34.7 Å². The van der Waals surface area contributed by atoms with Crippen LogP contribution in [0.4, 0.5) is 14.9 Å². The number of pyridine rings is 1. The first-order valence-electron chi connectivity index (χ1n) is 11.3. The lowest BCUT2D eigenvalue weighted by Crippen LogP contribution is -2.41. The number of rotatable bonds is 9. The first-order valence-corrected chi connectivity index (χ1v) is 11.3. The fraction of sp³-hybridized carbons (Fsp3) is 0.231. The van der Waals surface area contributed by atoms with Crippen molar-refractivity contribution >= 4 is 23.4 Å². The summed E-state index contributed by atoms with van der Waals surface area (Å²) in [5.41, 5.74) is 3.05. The number of halogens is 1. The molecule has 4 rings (SSSR count). The van der Waals surface area contributed by atoms with E-state index in [2.05, 4.69) is 15.4 Å². The first-order chi connectivity index (χ1) is 17.5. The van der Waals surface area contributed by atoms with Crippen LogP contribution in [-0.4, -0.2) is 47.8 Å². The van der Waals surface area contributed by atoms with Crippen molar-refractivity contribution in [2.75, 3.05) is 19.3 Å². The van der Waals surface area contributed by atoms with E-state index in [4.69, 9.17) is 14.2 Å². The molecule has 2 aromatic carbocycles. The van der Waals surface area contributed by atoms with Gasteiger partial charge >= 0.3 is 6.09 Å². The number of anilines is 1. The molecule has 0 saturated carbocycles. The number of hydrogen-bond donors (Lipinski definition) is 1. The maximum Gasteiger partial charge on any atom is 0.431 e. The molecule has 10 heteroatoms. The van der Waals surface area contributed by atoms with Crippen LogP contribution in [0.3, 0.4) is 0 Å². The standard InChI is InChI=1S/C26H25FN4O5/c1-3-21-24(18-8-11-22(35-16-27)23(13-18)34-2)30-31(26(33)36-21)15-17-6-9-20(10-7-17)29-25(32)19-5-4-12-28-14-19/h4-14,21H,3,15-16H2,1-2H3,(H,29,32). The molecule has 2 heterocycles. The third kappa shape index (κ3) is 5.60. The van der Waals surface area contributed by atoms with Crippen molar-refractivity contribution in [1.82, 2.24) is 9.99 Å². The van der Waals surface area contributed by atoms with Gasteiger partial charge in [0.05, 0.1) is 19.2 Å². The molecule has 0 bridgehead atoms. The van der Waals surface area contributed by atoms with Crippen molar-refractivity contribution in [2.45, 2.75) is 26.0 Å². The second-order valence-corrected chi connectivity index (χ2v) is 7.84. The van der Waals surface area contributed by atoms with Gasteiger partial charge in [0.15, 0.2) is 11.5 Å².